The molecule has 6 heteroatoms. The van der Waals surface area contributed by atoms with E-state index in [1.165, 1.54) is 10.5 Å². The number of amides is 1. The first-order chi connectivity index (χ1) is 12.0. The zero-order valence-electron chi connectivity index (χ0n) is 14.7. The zero-order chi connectivity index (χ0) is 18.0. The van der Waals surface area contributed by atoms with Gasteiger partial charge in [0.05, 0.1) is 12.1 Å². The molecule has 0 saturated heterocycles. The Kier molecular flexibility index (Phi) is 4.88. The molecule has 1 aromatic heterocycles. The Morgan fingerprint density at radius 1 is 1.20 bits per heavy atom. The average Bonchev–Trinajstić information content (AvgIpc) is 2.99. The van der Waals surface area contributed by atoms with Crippen LogP contribution in [0, 0.1) is 6.92 Å². The lowest BCUT2D eigenvalue weighted by atomic mass is 9.95. The quantitative estimate of drug-likeness (QED) is 0.907. The van der Waals surface area contributed by atoms with Gasteiger partial charge in [-0.25, -0.2) is 4.68 Å². The van der Waals surface area contributed by atoms with Crippen LogP contribution < -0.4 is 0 Å². The molecule has 132 valence electrons. The molecular weight excluding hydrogens is 318 g/mol. The first kappa shape index (κ1) is 17.2. The van der Waals surface area contributed by atoms with E-state index < -0.39 is 5.97 Å². The van der Waals surface area contributed by atoms with Gasteiger partial charge in [0.15, 0.2) is 5.69 Å². The van der Waals surface area contributed by atoms with Crippen LogP contribution in [0.25, 0.3) is 5.69 Å². The van der Waals surface area contributed by atoms with Crippen LogP contribution in [-0.2, 0) is 17.6 Å². The van der Waals surface area contributed by atoms with Gasteiger partial charge in [0, 0.05) is 24.8 Å². The summed E-state index contributed by atoms with van der Waals surface area (Å²) >= 11 is 0. The van der Waals surface area contributed by atoms with Crippen LogP contribution in [-0.4, -0.2) is 45.3 Å². The summed E-state index contributed by atoms with van der Waals surface area (Å²) in [5.74, 6) is -1.11. The SMILES string of the molecule is Cc1ccc(-n2nc(C(=O)N(C)CCC(=O)O)c3c2CCCC3)cc1. The number of carbonyl (C=O) groups excluding carboxylic acids is 1. The van der Waals surface area contributed by atoms with E-state index in [1.807, 2.05) is 35.9 Å². The van der Waals surface area contributed by atoms with Crippen LogP contribution in [0.1, 0.15) is 46.6 Å². The van der Waals surface area contributed by atoms with Crippen molar-refractivity contribution in [2.24, 2.45) is 0 Å². The molecule has 0 atom stereocenters. The summed E-state index contributed by atoms with van der Waals surface area (Å²) in [5, 5.41) is 13.4. The van der Waals surface area contributed by atoms with E-state index in [1.54, 1.807) is 7.05 Å². The van der Waals surface area contributed by atoms with Crippen molar-refractivity contribution >= 4 is 11.9 Å². The molecule has 6 nitrogen and oxygen atoms in total. The lowest BCUT2D eigenvalue weighted by molar-refractivity contribution is -0.137. The summed E-state index contributed by atoms with van der Waals surface area (Å²) < 4.78 is 1.88. The van der Waals surface area contributed by atoms with Crippen LogP contribution in [0.15, 0.2) is 24.3 Å². The molecule has 0 unspecified atom stereocenters. The molecule has 1 aromatic carbocycles. The molecule has 0 fully saturated rings. The Morgan fingerprint density at radius 2 is 1.88 bits per heavy atom. The number of aliphatic carboxylic acids is 1. The summed E-state index contributed by atoms with van der Waals surface area (Å²) in [5.41, 5.74) is 4.71. The summed E-state index contributed by atoms with van der Waals surface area (Å²) in [7, 11) is 1.63. The molecule has 25 heavy (non-hydrogen) atoms. The normalized spacial score (nSPS) is 13.4. The number of aryl methyl sites for hydroxylation is 1. The van der Waals surface area contributed by atoms with Gasteiger partial charge in [-0.2, -0.15) is 5.10 Å². The average molecular weight is 341 g/mol. The molecule has 0 spiro atoms. The molecule has 0 radical (unpaired) electrons. The van der Waals surface area contributed by atoms with Crippen LogP contribution in [0.2, 0.25) is 0 Å². The lowest BCUT2D eigenvalue weighted by Crippen LogP contribution is -2.30. The number of carboxylic acid groups (broad SMARTS) is 1. The number of rotatable bonds is 5. The monoisotopic (exact) mass is 341 g/mol. The van der Waals surface area contributed by atoms with Crippen LogP contribution in [0.5, 0.6) is 0 Å². The van der Waals surface area contributed by atoms with E-state index in [-0.39, 0.29) is 18.9 Å². The molecule has 1 aliphatic rings. The maximum atomic E-state index is 12.8. The van der Waals surface area contributed by atoms with Gasteiger partial charge in [-0.05, 0) is 44.7 Å². The maximum Gasteiger partial charge on any atom is 0.305 e. The van der Waals surface area contributed by atoms with Gasteiger partial charge in [0.1, 0.15) is 0 Å². The Labute approximate surface area is 147 Å². The fourth-order valence-corrected chi connectivity index (χ4v) is 3.22. The lowest BCUT2D eigenvalue weighted by Gasteiger charge is -2.17. The third-order valence-corrected chi connectivity index (χ3v) is 4.67. The Hall–Kier alpha value is -2.63. The third kappa shape index (κ3) is 3.57. The van der Waals surface area contributed by atoms with E-state index in [9.17, 15) is 9.59 Å². The summed E-state index contributed by atoms with van der Waals surface area (Å²) in [6.45, 7) is 2.22. The topological polar surface area (TPSA) is 75.4 Å². The van der Waals surface area contributed by atoms with Crippen molar-refractivity contribution in [3.63, 3.8) is 0 Å². The first-order valence-corrected chi connectivity index (χ1v) is 8.62. The predicted molar refractivity (Wildman–Crippen MR) is 94.2 cm³/mol. The molecule has 1 amide bonds. The summed E-state index contributed by atoms with van der Waals surface area (Å²) in [6, 6.07) is 8.10. The van der Waals surface area contributed by atoms with Crippen molar-refractivity contribution in [1.29, 1.82) is 0 Å². The minimum Gasteiger partial charge on any atom is -0.481 e. The number of nitrogens with zero attached hydrogens (tertiary/aromatic N) is 3. The second-order valence-corrected chi connectivity index (χ2v) is 6.60. The highest BCUT2D eigenvalue weighted by atomic mass is 16.4. The van der Waals surface area contributed by atoms with E-state index >= 15 is 0 Å². The van der Waals surface area contributed by atoms with Gasteiger partial charge < -0.3 is 10.0 Å². The fourth-order valence-electron chi connectivity index (χ4n) is 3.22. The van der Waals surface area contributed by atoms with Crippen molar-refractivity contribution in [1.82, 2.24) is 14.7 Å². The number of fused-ring (bicyclic) bond motifs is 1. The van der Waals surface area contributed by atoms with E-state index in [0.717, 1.165) is 42.6 Å². The van der Waals surface area contributed by atoms with Gasteiger partial charge in [0.2, 0.25) is 0 Å². The first-order valence-electron chi connectivity index (χ1n) is 8.62. The van der Waals surface area contributed by atoms with Gasteiger partial charge >= 0.3 is 5.97 Å². The van der Waals surface area contributed by atoms with Crippen molar-refractivity contribution in [2.75, 3.05) is 13.6 Å². The van der Waals surface area contributed by atoms with Crippen molar-refractivity contribution in [3.8, 4) is 5.69 Å². The Morgan fingerprint density at radius 3 is 2.56 bits per heavy atom. The largest absolute Gasteiger partial charge is 0.481 e. The molecule has 0 bridgehead atoms. The molecule has 0 aliphatic heterocycles. The van der Waals surface area contributed by atoms with Crippen LogP contribution in [0.4, 0.5) is 0 Å². The van der Waals surface area contributed by atoms with Gasteiger partial charge in [-0.3, -0.25) is 9.59 Å². The van der Waals surface area contributed by atoms with Crippen molar-refractivity contribution in [3.05, 3.63) is 46.8 Å². The minimum absolute atomic E-state index is 0.0664. The molecule has 2 aromatic rings. The smallest absolute Gasteiger partial charge is 0.305 e. The predicted octanol–water partition coefficient (Wildman–Crippen LogP) is 2.61. The molecule has 1 aliphatic carbocycles. The van der Waals surface area contributed by atoms with Crippen LogP contribution in [0.3, 0.4) is 0 Å². The molecular formula is C19H23N3O3. The number of hydrogen-bond acceptors (Lipinski definition) is 3. The highest BCUT2D eigenvalue weighted by molar-refractivity contribution is 5.94. The molecule has 1 heterocycles. The van der Waals surface area contributed by atoms with Crippen molar-refractivity contribution < 1.29 is 14.7 Å². The van der Waals surface area contributed by atoms with Gasteiger partial charge in [-0.1, -0.05) is 17.7 Å². The van der Waals surface area contributed by atoms with E-state index in [4.69, 9.17) is 5.11 Å². The van der Waals surface area contributed by atoms with Gasteiger partial charge in [-0.15, -0.1) is 0 Å². The summed E-state index contributed by atoms with van der Waals surface area (Å²) in [4.78, 5) is 25.0. The van der Waals surface area contributed by atoms with E-state index in [2.05, 4.69) is 5.10 Å². The number of carbonyl (C=O) groups is 2. The second-order valence-electron chi connectivity index (χ2n) is 6.60. The Bertz CT molecular complexity index is 793. The van der Waals surface area contributed by atoms with E-state index in [0.29, 0.717) is 5.69 Å². The number of aromatic nitrogens is 2. The number of carboxylic acids is 1. The highest BCUT2D eigenvalue weighted by Gasteiger charge is 2.27. The fraction of sp³-hybridized carbons (Fsp3) is 0.421. The highest BCUT2D eigenvalue weighted by Crippen LogP contribution is 2.27. The summed E-state index contributed by atoms with van der Waals surface area (Å²) in [6.07, 6.45) is 3.82. The standard InChI is InChI=1S/C19H23N3O3/c1-13-7-9-14(10-8-13)22-16-6-4-3-5-15(16)18(20-22)19(25)21(2)12-11-17(23)24/h7-10H,3-6,11-12H2,1-2H3,(H,23,24). The van der Waals surface area contributed by atoms with Gasteiger partial charge in [0.25, 0.3) is 5.91 Å². The maximum absolute atomic E-state index is 12.8. The zero-order valence-corrected chi connectivity index (χ0v) is 14.7. The number of hydrogen-bond donors (Lipinski definition) is 1. The molecule has 0 saturated carbocycles. The number of benzene rings is 1. The third-order valence-electron chi connectivity index (χ3n) is 4.67. The minimum atomic E-state index is -0.910. The Balaban J connectivity index is 1.96. The molecule has 3 rings (SSSR count). The second kappa shape index (κ2) is 7.09. The van der Waals surface area contributed by atoms with Crippen LogP contribution >= 0.6 is 0 Å². The molecule has 1 N–H and O–H groups in total. The van der Waals surface area contributed by atoms with Crippen molar-refractivity contribution in [2.45, 2.75) is 39.0 Å².